The van der Waals surface area contributed by atoms with Gasteiger partial charge in [0.25, 0.3) is 0 Å². The number of ether oxygens (including phenoxy) is 1. The number of hydrogen-bond acceptors (Lipinski definition) is 2. The molecule has 0 unspecified atom stereocenters. The lowest BCUT2D eigenvalue weighted by molar-refractivity contribution is 0.115. The molecule has 1 amide bonds. The first-order valence-corrected chi connectivity index (χ1v) is 4.55. The van der Waals surface area contributed by atoms with Crippen molar-refractivity contribution in [2.45, 2.75) is 12.5 Å². The summed E-state index contributed by atoms with van der Waals surface area (Å²) >= 11 is 0. The third-order valence-corrected chi connectivity index (χ3v) is 2.27. The molecule has 80 valence electrons. The second-order valence-corrected chi connectivity index (χ2v) is 3.29. The van der Waals surface area contributed by atoms with Gasteiger partial charge < -0.3 is 10.1 Å². The number of halogens is 2. The lowest BCUT2D eigenvalue weighted by atomic mass is 10.0. The topological polar surface area (TPSA) is 38.3 Å². The van der Waals surface area contributed by atoms with Crippen LogP contribution >= 0.6 is 0 Å². The predicted octanol–water partition coefficient (Wildman–Crippen LogP) is 2.14. The summed E-state index contributed by atoms with van der Waals surface area (Å²) < 4.78 is 30.8. The number of nitrogens with one attached hydrogen (secondary N) is 1. The molecular formula is C10H9F2NO2. The molecule has 1 atom stereocenters. The van der Waals surface area contributed by atoms with E-state index >= 15 is 0 Å². The van der Waals surface area contributed by atoms with Gasteiger partial charge in [-0.05, 0) is 18.2 Å². The standard InChI is InChI=1S/C10H9F2NO2/c11-6-1-2-8(12)7(5-6)9-3-4-15-10(14)13-9/h1-2,5,9H,3-4H2,(H,13,14)/t9-/m0/s1. The van der Waals surface area contributed by atoms with Gasteiger partial charge in [0.1, 0.15) is 11.6 Å². The molecule has 0 aliphatic carbocycles. The Bertz CT molecular complexity index is 395. The molecule has 0 radical (unpaired) electrons. The maximum absolute atomic E-state index is 13.3. The van der Waals surface area contributed by atoms with Gasteiger partial charge in [0.05, 0.1) is 12.6 Å². The molecule has 1 fully saturated rings. The molecule has 5 heteroatoms. The number of alkyl carbamates (subject to hydrolysis) is 1. The van der Waals surface area contributed by atoms with Gasteiger partial charge in [-0.2, -0.15) is 0 Å². The molecule has 2 rings (SSSR count). The Hall–Kier alpha value is -1.65. The van der Waals surface area contributed by atoms with Gasteiger partial charge in [0, 0.05) is 12.0 Å². The number of cyclic esters (lactones) is 1. The highest BCUT2D eigenvalue weighted by Crippen LogP contribution is 2.23. The van der Waals surface area contributed by atoms with E-state index in [4.69, 9.17) is 0 Å². The normalized spacial score (nSPS) is 20.7. The molecule has 1 heterocycles. The first kappa shape index (κ1) is 9.89. The number of carbonyl (C=O) groups excluding carboxylic acids is 1. The first-order chi connectivity index (χ1) is 7.16. The minimum absolute atomic E-state index is 0.159. The summed E-state index contributed by atoms with van der Waals surface area (Å²) in [6, 6.07) is 2.67. The predicted molar refractivity (Wildman–Crippen MR) is 48.2 cm³/mol. The Morgan fingerprint density at radius 3 is 2.93 bits per heavy atom. The third-order valence-electron chi connectivity index (χ3n) is 2.27. The molecule has 1 aromatic carbocycles. The van der Waals surface area contributed by atoms with E-state index in [2.05, 4.69) is 10.1 Å². The summed E-state index contributed by atoms with van der Waals surface area (Å²) in [5, 5.41) is 2.43. The van der Waals surface area contributed by atoms with Crippen molar-refractivity contribution in [1.29, 1.82) is 0 Å². The molecule has 15 heavy (non-hydrogen) atoms. The van der Waals surface area contributed by atoms with Gasteiger partial charge in [-0.15, -0.1) is 0 Å². The van der Waals surface area contributed by atoms with E-state index < -0.39 is 23.8 Å². The zero-order valence-corrected chi connectivity index (χ0v) is 7.80. The van der Waals surface area contributed by atoms with Gasteiger partial charge in [-0.3, -0.25) is 0 Å². The van der Waals surface area contributed by atoms with Crippen LogP contribution in [0.3, 0.4) is 0 Å². The Labute approximate surface area is 85.0 Å². The van der Waals surface area contributed by atoms with Crippen molar-refractivity contribution in [2.75, 3.05) is 6.61 Å². The van der Waals surface area contributed by atoms with Gasteiger partial charge in [-0.1, -0.05) is 0 Å². The van der Waals surface area contributed by atoms with Crippen molar-refractivity contribution in [2.24, 2.45) is 0 Å². The summed E-state index contributed by atoms with van der Waals surface area (Å²) in [4.78, 5) is 10.9. The summed E-state index contributed by atoms with van der Waals surface area (Å²) in [6.45, 7) is 0.215. The Morgan fingerprint density at radius 2 is 2.20 bits per heavy atom. The largest absolute Gasteiger partial charge is 0.449 e. The first-order valence-electron chi connectivity index (χ1n) is 4.55. The molecule has 1 N–H and O–H groups in total. The molecule has 1 aromatic rings. The number of carbonyl (C=O) groups is 1. The lowest BCUT2D eigenvalue weighted by Crippen LogP contribution is -2.35. The highest BCUT2D eigenvalue weighted by molar-refractivity contribution is 5.68. The monoisotopic (exact) mass is 213 g/mol. The lowest BCUT2D eigenvalue weighted by Gasteiger charge is -2.23. The van der Waals surface area contributed by atoms with E-state index in [1.54, 1.807) is 0 Å². The van der Waals surface area contributed by atoms with Crippen LogP contribution in [0.25, 0.3) is 0 Å². The minimum Gasteiger partial charge on any atom is -0.449 e. The zero-order valence-electron chi connectivity index (χ0n) is 7.80. The van der Waals surface area contributed by atoms with Crippen molar-refractivity contribution in [3.63, 3.8) is 0 Å². The van der Waals surface area contributed by atoms with Crippen LogP contribution in [0, 0.1) is 11.6 Å². The molecule has 0 aromatic heterocycles. The van der Waals surface area contributed by atoms with E-state index in [-0.39, 0.29) is 12.2 Å². The van der Waals surface area contributed by atoms with Gasteiger partial charge in [-0.25, -0.2) is 13.6 Å². The Balaban J connectivity index is 2.27. The average Bonchev–Trinajstić information content (AvgIpc) is 2.22. The molecule has 0 bridgehead atoms. The molecule has 1 aliphatic heterocycles. The maximum Gasteiger partial charge on any atom is 0.407 e. The smallest absolute Gasteiger partial charge is 0.407 e. The van der Waals surface area contributed by atoms with Crippen molar-refractivity contribution in [3.8, 4) is 0 Å². The van der Waals surface area contributed by atoms with Crippen LogP contribution in [0.5, 0.6) is 0 Å². The van der Waals surface area contributed by atoms with Crippen molar-refractivity contribution in [1.82, 2.24) is 5.32 Å². The van der Waals surface area contributed by atoms with Crippen molar-refractivity contribution >= 4 is 6.09 Å². The second kappa shape index (κ2) is 3.84. The summed E-state index contributed by atoms with van der Waals surface area (Å²) in [5.41, 5.74) is 0.159. The van der Waals surface area contributed by atoms with E-state index in [1.807, 2.05) is 0 Å². The van der Waals surface area contributed by atoms with Gasteiger partial charge >= 0.3 is 6.09 Å². The number of hydrogen-bond donors (Lipinski definition) is 1. The fraction of sp³-hybridized carbons (Fsp3) is 0.300. The van der Waals surface area contributed by atoms with Gasteiger partial charge in [0.2, 0.25) is 0 Å². The molecule has 3 nitrogen and oxygen atoms in total. The Kier molecular flexibility index (Phi) is 2.53. The second-order valence-electron chi connectivity index (χ2n) is 3.29. The van der Waals surface area contributed by atoms with Gasteiger partial charge in [0.15, 0.2) is 0 Å². The van der Waals surface area contributed by atoms with Crippen LogP contribution < -0.4 is 5.32 Å². The fourth-order valence-corrected chi connectivity index (χ4v) is 1.54. The van der Waals surface area contributed by atoms with Crippen LogP contribution in [0.2, 0.25) is 0 Å². The van der Waals surface area contributed by atoms with E-state index in [0.29, 0.717) is 6.42 Å². The molecule has 0 spiro atoms. The molecular weight excluding hydrogens is 204 g/mol. The van der Waals surface area contributed by atoms with Crippen LogP contribution in [0.15, 0.2) is 18.2 Å². The third kappa shape index (κ3) is 2.06. The van der Waals surface area contributed by atoms with Crippen LogP contribution in [0.4, 0.5) is 13.6 Å². The van der Waals surface area contributed by atoms with Crippen molar-refractivity contribution in [3.05, 3.63) is 35.4 Å². The minimum atomic E-state index is -0.602. The average molecular weight is 213 g/mol. The summed E-state index contributed by atoms with van der Waals surface area (Å²) in [6.07, 6.45) is -0.165. The number of rotatable bonds is 1. The SMILES string of the molecule is O=C1N[C@H](c2cc(F)ccc2F)CCO1. The maximum atomic E-state index is 13.3. The summed E-state index contributed by atoms with van der Waals surface area (Å²) in [7, 11) is 0. The van der Waals surface area contributed by atoms with E-state index in [1.165, 1.54) is 0 Å². The van der Waals surface area contributed by atoms with E-state index in [9.17, 15) is 13.6 Å². The summed E-state index contributed by atoms with van der Waals surface area (Å²) in [5.74, 6) is -1.05. The van der Waals surface area contributed by atoms with E-state index in [0.717, 1.165) is 18.2 Å². The molecule has 1 aliphatic rings. The number of benzene rings is 1. The van der Waals surface area contributed by atoms with Crippen molar-refractivity contribution < 1.29 is 18.3 Å². The highest BCUT2D eigenvalue weighted by atomic mass is 19.1. The fourth-order valence-electron chi connectivity index (χ4n) is 1.54. The number of amides is 1. The highest BCUT2D eigenvalue weighted by Gasteiger charge is 2.23. The van der Waals surface area contributed by atoms with Crippen LogP contribution in [0.1, 0.15) is 18.0 Å². The molecule has 1 saturated heterocycles. The molecule has 0 saturated carbocycles. The van der Waals surface area contributed by atoms with Crippen LogP contribution in [-0.2, 0) is 4.74 Å². The Morgan fingerprint density at radius 1 is 1.40 bits per heavy atom. The quantitative estimate of drug-likeness (QED) is 0.776. The zero-order chi connectivity index (χ0) is 10.8. The van der Waals surface area contributed by atoms with Crippen LogP contribution in [-0.4, -0.2) is 12.7 Å².